The van der Waals surface area contributed by atoms with Gasteiger partial charge in [-0.25, -0.2) is 4.79 Å². The maximum Gasteiger partial charge on any atom is 0.408 e. The summed E-state index contributed by atoms with van der Waals surface area (Å²) in [6.45, 7) is 16.8. The minimum absolute atomic E-state index is 0.106. The van der Waals surface area contributed by atoms with Crippen LogP contribution in [-0.2, 0) is 20.7 Å². The molecule has 0 aliphatic carbocycles. The first-order chi connectivity index (χ1) is 17.2. The highest BCUT2D eigenvalue weighted by molar-refractivity contribution is 5.92. The lowest BCUT2D eigenvalue weighted by molar-refractivity contribution is -0.144. The third kappa shape index (κ3) is 9.23. The van der Waals surface area contributed by atoms with E-state index < -0.39 is 23.8 Å². The van der Waals surface area contributed by atoms with Crippen LogP contribution in [0.15, 0.2) is 48.5 Å². The molecule has 37 heavy (non-hydrogen) atoms. The Labute approximate surface area is 222 Å². The van der Waals surface area contributed by atoms with Gasteiger partial charge in [0.15, 0.2) is 0 Å². The normalized spacial score (nSPS) is 13.2. The molecule has 2 atom stereocenters. The molecule has 0 aliphatic heterocycles. The van der Waals surface area contributed by atoms with Crippen LogP contribution in [0.3, 0.4) is 0 Å². The van der Waals surface area contributed by atoms with Crippen molar-refractivity contribution in [2.24, 2.45) is 0 Å². The molecule has 2 unspecified atom stereocenters. The van der Waals surface area contributed by atoms with Crippen molar-refractivity contribution in [2.45, 2.75) is 98.5 Å². The van der Waals surface area contributed by atoms with Gasteiger partial charge in [-0.05, 0) is 73.4 Å². The summed E-state index contributed by atoms with van der Waals surface area (Å²) in [7, 11) is 0. The lowest BCUT2D eigenvalue weighted by Gasteiger charge is -2.37. The van der Waals surface area contributed by atoms with Gasteiger partial charge in [0.25, 0.3) is 0 Å². The van der Waals surface area contributed by atoms with Crippen LogP contribution in [0, 0.1) is 13.8 Å². The molecule has 0 bridgehead atoms. The van der Waals surface area contributed by atoms with Crippen molar-refractivity contribution in [1.29, 1.82) is 0 Å². The monoisotopic (exact) mass is 509 g/mol. The van der Waals surface area contributed by atoms with Crippen LogP contribution in [0.2, 0.25) is 0 Å². The number of ether oxygens (including phenoxy) is 1. The van der Waals surface area contributed by atoms with Crippen molar-refractivity contribution in [3.63, 3.8) is 0 Å². The van der Waals surface area contributed by atoms with Crippen LogP contribution in [0.1, 0.15) is 76.8 Å². The zero-order valence-corrected chi connectivity index (χ0v) is 23.7. The van der Waals surface area contributed by atoms with Gasteiger partial charge in [0.05, 0.1) is 0 Å². The average molecular weight is 510 g/mol. The van der Waals surface area contributed by atoms with E-state index in [2.05, 4.69) is 10.6 Å². The summed E-state index contributed by atoms with van der Waals surface area (Å²) in [5, 5.41) is 5.77. The van der Waals surface area contributed by atoms with Crippen molar-refractivity contribution in [3.05, 3.63) is 70.8 Å². The quantitative estimate of drug-likeness (QED) is 0.484. The average Bonchev–Trinajstić information content (AvgIpc) is 2.74. The molecule has 0 saturated heterocycles. The molecule has 3 amide bonds. The van der Waals surface area contributed by atoms with E-state index in [9.17, 15) is 14.4 Å². The zero-order valence-electron chi connectivity index (χ0n) is 23.7. The summed E-state index contributed by atoms with van der Waals surface area (Å²) < 4.78 is 5.47. The molecular formula is C30H43N3O4. The highest BCUT2D eigenvalue weighted by Gasteiger charge is 2.38. The number of aryl methyl sites for hydroxylation is 2. The molecule has 2 aromatic rings. The van der Waals surface area contributed by atoms with Crippen LogP contribution in [-0.4, -0.2) is 46.5 Å². The van der Waals surface area contributed by atoms with Crippen LogP contribution < -0.4 is 10.6 Å². The minimum Gasteiger partial charge on any atom is -0.444 e. The molecule has 7 heteroatoms. The number of hydrogen-bond acceptors (Lipinski definition) is 4. The molecule has 2 rings (SSSR count). The van der Waals surface area contributed by atoms with Crippen molar-refractivity contribution in [1.82, 2.24) is 15.5 Å². The molecule has 0 heterocycles. The van der Waals surface area contributed by atoms with E-state index in [1.165, 1.54) is 0 Å². The van der Waals surface area contributed by atoms with E-state index in [1.54, 1.807) is 25.7 Å². The number of nitrogens with zero attached hydrogens (tertiary/aromatic N) is 1. The third-order valence-electron chi connectivity index (χ3n) is 5.60. The Kier molecular flexibility index (Phi) is 10.3. The first-order valence-corrected chi connectivity index (χ1v) is 12.9. The summed E-state index contributed by atoms with van der Waals surface area (Å²) in [5.74, 6) is -0.620. The first kappa shape index (κ1) is 29.9. The van der Waals surface area contributed by atoms with Gasteiger partial charge < -0.3 is 20.3 Å². The summed E-state index contributed by atoms with van der Waals surface area (Å²) in [6, 6.07) is 13.2. The number of hydrogen-bond donors (Lipinski definition) is 2. The zero-order chi connectivity index (χ0) is 27.9. The number of rotatable bonds is 9. The largest absolute Gasteiger partial charge is 0.444 e. The first-order valence-electron chi connectivity index (χ1n) is 12.9. The van der Waals surface area contributed by atoms with Crippen molar-refractivity contribution >= 4 is 17.9 Å². The van der Waals surface area contributed by atoms with Crippen molar-refractivity contribution in [2.75, 3.05) is 0 Å². The summed E-state index contributed by atoms with van der Waals surface area (Å²) in [4.78, 5) is 42.2. The number of amides is 3. The lowest BCUT2D eigenvalue weighted by Crippen LogP contribution is -2.56. The SMILES string of the molecule is Cc1cc(C)cc(C(C(=O)NC(C)C)N(C(=O)C(Cc2ccccc2)NC(=O)OC(C)(C)C)C(C)C)c1. The molecule has 0 aliphatic rings. The standard InChI is InChI=1S/C30H43N3O4/c1-19(2)31-27(34)26(24-16-21(5)15-22(6)17-24)33(20(3)4)28(35)25(18-23-13-11-10-12-14-23)32-29(36)37-30(7,8)9/h10-17,19-20,25-26H,18H2,1-9H3,(H,31,34)(H,32,36). The number of benzene rings is 2. The van der Waals surface area contributed by atoms with Crippen LogP contribution in [0.5, 0.6) is 0 Å². The Bertz CT molecular complexity index is 1050. The van der Waals surface area contributed by atoms with Gasteiger partial charge in [-0.2, -0.15) is 0 Å². The van der Waals surface area contributed by atoms with Crippen LogP contribution >= 0.6 is 0 Å². The van der Waals surface area contributed by atoms with E-state index in [0.717, 1.165) is 22.3 Å². The Morgan fingerprint density at radius 2 is 1.46 bits per heavy atom. The second-order valence-electron chi connectivity index (χ2n) is 11.2. The Morgan fingerprint density at radius 1 is 0.892 bits per heavy atom. The molecule has 202 valence electrons. The third-order valence-corrected chi connectivity index (χ3v) is 5.60. The van der Waals surface area contributed by atoms with E-state index in [4.69, 9.17) is 4.74 Å². The highest BCUT2D eigenvalue weighted by atomic mass is 16.6. The van der Waals surface area contributed by atoms with Gasteiger partial charge in [0.1, 0.15) is 17.7 Å². The molecule has 2 N–H and O–H groups in total. The van der Waals surface area contributed by atoms with Gasteiger partial charge in [0, 0.05) is 18.5 Å². The fraction of sp³-hybridized carbons (Fsp3) is 0.500. The van der Waals surface area contributed by atoms with E-state index >= 15 is 0 Å². The lowest BCUT2D eigenvalue weighted by atomic mass is 9.96. The molecule has 0 aromatic heterocycles. The summed E-state index contributed by atoms with van der Waals surface area (Å²) >= 11 is 0. The predicted octanol–water partition coefficient (Wildman–Crippen LogP) is 5.24. The number of nitrogens with one attached hydrogen (secondary N) is 2. The molecular weight excluding hydrogens is 466 g/mol. The fourth-order valence-electron chi connectivity index (χ4n) is 4.33. The van der Waals surface area contributed by atoms with Gasteiger partial charge in [-0.3, -0.25) is 9.59 Å². The maximum absolute atomic E-state index is 14.2. The van der Waals surface area contributed by atoms with E-state index in [-0.39, 0.29) is 30.3 Å². The number of carbonyl (C=O) groups excluding carboxylic acids is 3. The molecule has 0 saturated carbocycles. The molecule has 0 fully saturated rings. The second kappa shape index (κ2) is 12.7. The molecule has 2 aromatic carbocycles. The number of alkyl carbamates (subject to hydrolysis) is 1. The van der Waals surface area contributed by atoms with E-state index in [1.807, 2.05) is 90.1 Å². The Hall–Kier alpha value is -3.35. The van der Waals surface area contributed by atoms with Crippen LogP contribution in [0.25, 0.3) is 0 Å². The van der Waals surface area contributed by atoms with Gasteiger partial charge >= 0.3 is 6.09 Å². The fourth-order valence-corrected chi connectivity index (χ4v) is 4.33. The van der Waals surface area contributed by atoms with Crippen molar-refractivity contribution in [3.8, 4) is 0 Å². The Morgan fingerprint density at radius 3 is 1.95 bits per heavy atom. The molecule has 0 radical (unpaired) electrons. The Balaban J connectivity index is 2.57. The second-order valence-corrected chi connectivity index (χ2v) is 11.2. The minimum atomic E-state index is -0.931. The van der Waals surface area contributed by atoms with Crippen molar-refractivity contribution < 1.29 is 19.1 Å². The predicted molar refractivity (Wildman–Crippen MR) is 147 cm³/mol. The number of carbonyl (C=O) groups is 3. The van der Waals surface area contributed by atoms with Gasteiger partial charge in [-0.15, -0.1) is 0 Å². The topological polar surface area (TPSA) is 87.7 Å². The maximum atomic E-state index is 14.2. The highest BCUT2D eigenvalue weighted by Crippen LogP contribution is 2.27. The van der Waals surface area contributed by atoms with Gasteiger partial charge in [0.2, 0.25) is 11.8 Å². The van der Waals surface area contributed by atoms with E-state index in [0.29, 0.717) is 0 Å². The molecule has 0 spiro atoms. The summed E-state index contributed by atoms with van der Waals surface area (Å²) in [6.07, 6.45) is -0.423. The summed E-state index contributed by atoms with van der Waals surface area (Å²) in [5.41, 5.74) is 2.90. The van der Waals surface area contributed by atoms with Crippen LogP contribution in [0.4, 0.5) is 4.79 Å². The smallest absolute Gasteiger partial charge is 0.408 e. The molecule has 7 nitrogen and oxygen atoms in total. The van der Waals surface area contributed by atoms with Gasteiger partial charge in [-0.1, -0.05) is 59.7 Å².